The number of ether oxygens (including phenoxy) is 1. The minimum Gasteiger partial charge on any atom is -0.383 e. The highest BCUT2D eigenvalue weighted by atomic mass is 16.5. The maximum atomic E-state index is 5.01. The van der Waals surface area contributed by atoms with Crippen molar-refractivity contribution in [2.24, 2.45) is 11.3 Å². The largest absolute Gasteiger partial charge is 0.383 e. The SMILES string of the molecule is COCCNCC(C)NCC1CCCC1(C)C. The van der Waals surface area contributed by atoms with E-state index in [-0.39, 0.29) is 0 Å². The van der Waals surface area contributed by atoms with Gasteiger partial charge in [-0.2, -0.15) is 0 Å². The molecule has 0 bridgehead atoms. The van der Waals surface area contributed by atoms with E-state index in [1.54, 1.807) is 7.11 Å². The second-order valence-electron chi connectivity index (χ2n) is 6.08. The summed E-state index contributed by atoms with van der Waals surface area (Å²) < 4.78 is 5.01. The molecule has 0 spiro atoms. The van der Waals surface area contributed by atoms with Gasteiger partial charge in [0.25, 0.3) is 0 Å². The molecule has 1 aliphatic rings. The Morgan fingerprint density at radius 2 is 2.18 bits per heavy atom. The Balaban J connectivity index is 2.09. The minimum absolute atomic E-state index is 0.538. The fourth-order valence-electron chi connectivity index (χ4n) is 2.69. The van der Waals surface area contributed by atoms with Gasteiger partial charge in [0.1, 0.15) is 0 Å². The van der Waals surface area contributed by atoms with Crippen LogP contribution in [0.1, 0.15) is 40.0 Å². The molecule has 1 fully saturated rings. The molecule has 102 valence electrons. The third kappa shape index (κ3) is 5.36. The lowest BCUT2D eigenvalue weighted by atomic mass is 9.82. The van der Waals surface area contributed by atoms with Gasteiger partial charge in [0.2, 0.25) is 0 Å². The van der Waals surface area contributed by atoms with E-state index in [4.69, 9.17) is 4.74 Å². The van der Waals surface area contributed by atoms with Crippen LogP contribution in [0.4, 0.5) is 0 Å². The molecule has 1 aliphatic carbocycles. The number of hydrogen-bond donors (Lipinski definition) is 2. The Hall–Kier alpha value is -0.120. The molecular formula is C14H30N2O. The third-order valence-electron chi connectivity index (χ3n) is 4.13. The highest BCUT2D eigenvalue weighted by Gasteiger charge is 2.33. The van der Waals surface area contributed by atoms with Gasteiger partial charge in [-0.1, -0.05) is 20.3 Å². The van der Waals surface area contributed by atoms with Gasteiger partial charge in [-0.25, -0.2) is 0 Å². The number of nitrogens with one attached hydrogen (secondary N) is 2. The van der Waals surface area contributed by atoms with Gasteiger partial charge in [0.15, 0.2) is 0 Å². The summed E-state index contributed by atoms with van der Waals surface area (Å²) in [5.41, 5.74) is 0.538. The molecule has 0 radical (unpaired) electrons. The van der Waals surface area contributed by atoms with Crippen LogP contribution in [0.15, 0.2) is 0 Å². The predicted octanol–water partition coefficient (Wildman–Crippen LogP) is 2.03. The van der Waals surface area contributed by atoms with Crippen LogP contribution in [0.5, 0.6) is 0 Å². The topological polar surface area (TPSA) is 33.3 Å². The van der Waals surface area contributed by atoms with E-state index in [9.17, 15) is 0 Å². The molecule has 17 heavy (non-hydrogen) atoms. The van der Waals surface area contributed by atoms with Crippen molar-refractivity contribution in [1.29, 1.82) is 0 Å². The summed E-state index contributed by atoms with van der Waals surface area (Å²) >= 11 is 0. The first kappa shape index (κ1) is 14.9. The highest BCUT2D eigenvalue weighted by molar-refractivity contribution is 4.86. The highest BCUT2D eigenvalue weighted by Crippen LogP contribution is 2.41. The Bertz CT molecular complexity index is 206. The zero-order chi connectivity index (χ0) is 12.7. The van der Waals surface area contributed by atoms with Crippen molar-refractivity contribution in [1.82, 2.24) is 10.6 Å². The number of hydrogen-bond acceptors (Lipinski definition) is 3. The summed E-state index contributed by atoms with van der Waals surface area (Å²) in [6, 6.07) is 0.545. The second-order valence-corrected chi connectivity index (χ2v) is 6.08. The molecule has 2 unspecified atom stereocenters. The Morgan fingerprint density at radius 3 is 2.76 bits per heavy atom. The van der Waals surface area contributed by atoms with Crippen LogP contribution in [-0.2, 0) is 4.74 Å². The van der Waals surface area contributed by atoms with Gasteiger partial charge in [-0.05, 0) is 37.6 Å². The molecule has 3 nitrogen and oxygen atoms in total. The van der Waals surface area contributed by atoms with E-state index in [0.717, 1.165) is 25.6 Å². The molecule has 2 N–H and O–H groups in total. The summed E-state index contributed by atoms with van der Waals surface area (Å²) in [6.45, 7) is 11.0. The van der Waals surface area contributed by atoms with Crippen LogP contribution in [-0.4, -0.2) is 39.4 Å². The minimum atomic E-state index is 0.538. The molecule has 0 aliphatic heterocycles. The number of methoxy groups -OCH3 is 1. The number of rotatable bonds is 8. The molecule has 3 heteroatoms. The van der Waals surface area contributed by atoms with Crippen LogP contribution in [0.25, 0.3) is 0 Å². The smallest absolute Gasteiger partial charge is 0.0587 e. The van der Waals surface area contributed by atoms with Crippen molar-refractivity contribution in [2.75, 3.05) is 33.4 Å². The van der Waals surface area contributed by atoms with Crippen LogP contribution in [0, 0.1) is 11.3 Å². The van der Waals surface area contributed by atoms with Crippen molar-refractivity contribution in [3.05, 3.63) is 0 Å². The summed E-state index contributed by atoms with van der Waals surface area (Å²) in [5, 5.41) is 7.05. The first-order valence-electron chi connectivity index (χ1n) is 6.99. The first-order valence-corrected chi connectivity index (χ1v) is 6.99. The second kappa shape index (κ2) is 7.34. The van der Waals surface area contributed by atoms with E-state index >= 15 is 0 Å². The van der Waals surface area contributed by atoms with E-state index < -0.39 is 0 Å². The fraction of sp³-hybridized carbons (Fsp3) is 1.00. The average Bonchev–Trinajstić information content (AvgIpc) is 2.61. The van der Waals surface area contributed by atoms with Crippen LogP contribution in [0.2, 0.25) is 0 Å². The molecule has 0 heterocycles. The molecule has 1 rings (SSSR count). The fourth-order valence-corrected chi connectivity index (χ4v) is 2.69. The summed E-state index contributed by atoms with van der Waals surface area (Å²) in [5.74, 6) is 0.851. The molecule has 0 amide bonds. The van der Waals surface area contributed by atoms with E-state index in [1.807, 2.05) is 0 Å². The summed E-state index contributed by atoms with van der Waals surface area (Å²) in [6.07, 6.45) is 4.18. The maximum absolute atomic E-state index is 5.01. The van der Waals surface area contributed by atoms with Gasteiger partial charge in [-0.3, -0.25) is 0 Å². The van der Waals surface area contributed by atoms with Crippen molar-refractivity contribution in [3.63, 3.8) is 0 Å². The van der Waals surface area contributed by atoms with Gasteiger partial charge < -0.3 is 15.4 Å². The van der Waals surface area contributed by atoms with E-state index in [1.165, 1.54) is 25.8 Å². The van der Waals surface area contributed by atoms with Gasteiger partial charge in [0, 0.05) is 26.2 Å². The predicted molar refractivity (Wildman–Crippen MR) is 73.3 cm³/mol. The van der Waals surface area contributed by atoms with Crippen molar-refractivity contribution in [2.45, 2.75) is 46.1 Å². The molecular weight excluding hydrogens is 212 g/mol. The lowest BCUT2D eigenvalue weighted by Gasteiger charge is -2.28. The lowest BCUT2D eigenvalue weighted by Crippen LogP contribution is -2.41. The molecule has 1 saturated carbocycles. The molecule has 0 aromatic heterocycles. The van der Waals surface area contributed by atoms with Crippen LogP contribution < -0.4 is 10.6 Å². The normalized spacial score (nSPS) is 25.1. The Labute approximate surface area is 107 Å². The zero-order valence-electron chi connectivity index (χ0n) is 12.0. The van der Waals surface area contributed by atoms with Gasteiger partial charge in [0.05, 0.1) is 6.61 Å². The molecule has 0 aromatic carbocycles. The van der Waals surface area contributed by atoms with Crippen LogP contribution in [0.3, 0.4) is 0 Å². The summed E-state index contributed by atoms with van der Waals surface area (Å²) in [4.78, 5) is 0. The quantitative estimate of drug-likeness (QED) is 0.639. The van der Waals surface area contributed by atoms with Crippen molar-refractivity contribution >= 4 is 0 Å². The van der Waals surface area contributed by atoms with Gasteiger partial charge in [-0.15, -0.1) is 0 Å². The van der Waals surface area contributed by atoms with Crippen molar-refractivity contribution in [3.8, 4) is 0 Å². The van der Waals surface area contributed by atoms with E-state index in [2.05, 4.69) is 31.4 Å². The van der Waals surface area contributed by atoms with Crippen LogP contribution >= 0.6 is 0 Å². The van der Waals surface area contributed by atoms with E-state index in [0.29, 0.717) is 11.5 Å². The van der Waals surface area contributed by atoms with Crippen molar-refractivity contribution < 1.29 is 4.74 Å². The lowest BCUT2D eigenvalue weighted by molar-refractivity contribution is 0.198. The Kier molecular flexibility index (Phi) is 6.45. The molecule has 0 saturated heterocycles. The zero-order valence-corrected chi connectivity index (χ0v) is 12.0. The molecule has 0 aromatic rings. The maximum Gasteiger partial charge on any atom is 0.0587 e. The third-order valence-corrected chi connectivity index (χ3v) is 4.13. The summed E-state index contributed by atoms with van der Waals surface area (Å²) in [7, 11) is 1.74. The Morgan fingerprint density at radius 1 is 1.41 bits per heavy atom. The van der Waals surface area contributed by atoms with Gasteiger partial charge >= 0.3 is 0 Å². The average molecular weight is 242 g/mol. The standard InChI is InChI=1S/C14H30N2O/c1-12(10-15-8-9-17-4)16-11-13-6-5-7-14(13,2)3/h12-13,15-16H,5-11H2,1-4H3. The monoisotopic (exact) mass is 242 g/mol. The first-order chi connectivity index (χ1) is 8.06. The molecule has 2 atom stereocenters.